The number of aryl methyl sites for hydroxylation is 1. The van der Waals surface area contributed by atoms with Gasteiger partial charge in [0.1, 0.15) is 5.82 Å². The first-order valence-corrected chi connectivity index (χ1v) is 7.98. The average Bonchev–Trinajstić information content (AvgIpc) is 2.99. The van der Waals surface area contributed by atoms with E-state index >= 15 is 0 Å². The van der Waals surface area contributed by atoms with Crippen LogP contribution in [0.15, 0.2) is 53.6 Å². The number of nitrogens with zero attached hydrogens (tertiary/aromatic N) is 2. The summed E-state index contributed by atoms with van der Waals surface area (Å²) in [5.74, 6) is -1.31. The molecular weight excluding hydrogens is 321 g/mol. The van der Waals surface area contributed by atoms with Crippen molar-refractivity contribution >= 4 is 23.7 Å². The SMILES string of the molecule is Cc1ccc(/C=N\NC(=O)[C@H]2CC(=O)N(c3ccc(F)cc3)C2)cc1. The molecule has 0 spiro atoms. The number of anilines is 1. The summed E-state index contributed by atoms with van der Waals surface area (Å²) in [5, 5.41) is 3.95. The molecule has 0 unspecified atom stereocenters. The molecule has 6 heteroatoms. The fourth-order valence-electron chi connectivity index (χ4n) is 2.67. The highest BCUT2D eigenvalue weighted by Crippen LogP contribution is 2.25. The Morgan fingerprint density at radius 3 is 2.56 bits per heavy atom. The Morgan fingerprint density at radius 2 is 1.88 bits per heavy atom. The molecule has 0 bridgehead atoms. The molecule has 2 aromatic carbocycles. The Bertz CT molecular complexity index is 800. The second kappa shape index (κ2) is 7.25. The van der Waals surface area contributed by atoms with E-state index in [0.717, 1.165) is 11.1 Å². The molecule has 0 radical (unpaired) electrons. The van der Waals surface area contributed by atoms with Crippen molar-refractivity contribution in [1.82, 2.24) is 5.43 Å². The van der Waals surface area contributed by atoms with Crippen molar-refractivity contribution in [2.75, 3.05) is 11.4 Å². The first kappa shape index (κ1) is 16.8. The van der Waals surface area contributed by atoms with E-state index in [1.165, 1.54) is 29.2 Å². The van der Waals surface area contributed by atoms with E-state index in [1.54, 1.807) is 6.21 Å². The molecule has 1 atom stereocenters. The zero-order valence-corrected chi connectivity index (χ0v) is 13.8. The lowest BCUT2D eigenvalue weighted by Gasteiger charge is -2.16. The first-order chi connectivity index (χ1) is 12.0. The van der Waals surface area contributed by atoms with Crippen LogP contribution in [0.5, 0.6) is 0 Å². The van der Waals surface area contributed by atoms with Crippen molar-refractivity contribution in [2.45, 2.75) is 13.3 Å². The van der Waals surface area contributed by atoms with Crippen molar-refractivity contribution in [3.63, 3.8) is 0 Å². The van der Waals surface area contributed by atoms with Gasteiger partial charge in [-0.05, 0) is 36.8 Å². The highest BCUT2D eigenvalue weighted by Gasteiger charge is 2.35. The Kier molecular flexibility index (Phi) is 4.88. The zero-order chi connectivity index (χ0) is 17.8. The van der Waals surface area contributed by atoms with E-state index in [2.05, 4.69) is 10.5 Å². The van der Waals surface area contributed by atoms with Gasteiger partial charge in [0.15, 0.2) is 0 Å². The lowest BCUT2D eigenvalue weighted by molar-refractivity contribution is -0.126. The number of carbonyl (C=O) groups excluding carboxylic acids is 2. The standard InChI is InChI=1S/C19H18FN3O2/c1-13-2-4-14(5-3-13)11-21-22-19(25)15-10-18(24)23(12-15)17-8-6-16(20)7-9-17/h2-9,11,15H,10,12H2,1H3,(H,22,25)/b21-11-/t15-/m0/s1. The van der Waals surface area contributed by atoms with Gasteiger partial charge in [0.05, 0.1) is 12.1 Å². The maximum atomic E-state index is 13.0. The molecule has 128 valence electrons. The normalized spacial score (nSPS) is 17.3. The summed E-state index contributed by atoms with van der Waals surface area (Å²) in [5.41, 5.74) is 5.09. The van der Waals surface area contributed by atoms with Crippen LogP contribution in [-0.4, -0.2) is 24.6 Å². The van der Waals surface area contributed by atoms with Crippen LogP contribution in [0.4, 0.5) is 10.1 Å². The van der Waals surface area contributed by atoms with Gasteiger partial charge in [-0.15, -0.1) is 0 Å². The van der Waals surface area contributed by atoms with Crippen LogP contribution >= 0.6 is 0 Å². The summed E-state index contributed by atoms with van der Waals surface area (Å²) in [6, 6.07) is 13.4. The van der Waals surface area contributed by atoms with Crippen LogP contribution in [0.1, 0.15) is 17.5 Å². The molecule has 0 aliphatic carbocycles. The third-order valence-corrected chi connectivity index (χ3v) is 4.10. The fourth-order valence-corrected chi connectivity index (χ4v) is 2.67. The third kappa shape index (κ3) is 4.09. The van der Waals surface area contributed by atoms with E-state index < -0.39 is 5.92 Å². The van der Waals surface area contributed by atoms with Gasteiger partial charge in [0, 0.05) is 18.7 Å². The largest absolute Gasteiger partial charge is 0.312 e. The van der Waals surface area contributed by atoms with Crippen molar-refractivity contribution in [2.24, 2.45) is 11.0 Å². The number of hydrazone groups is 1. The summed E-state index contributed by atoms with van der Waals surface area (Å²) in [4.78, 5) is 25.8. The van der Waals surface area contributed by atoms with Crippen LogP contribution in [0.2, 0.25) is 0 Å². The highest BCUT2D eigenvalue weighted by atomic mass is 19.1. The molecule has 2 aromatic rings. The van der Waals surface area contributed by atoms with E-state index in [1.807, 2.05) is 31.2 Å². The molecule has 1 heterocycles. The minimum atomic E-state index is -0.479. The molecular formula is C19H18FN3O2. The van der Waals surface area contributed by atoms with Crippen LogP contribution in [0.25, 0.3) is 0 Å². The maximum absolute atomic E-state index is 13.0. The van der Waals surface area contributed by atoms with Crippen LogP contribution in [-0.2, 0) is 9.59 Å². The zero-order valence-electron chi connectivity index (χ0n) is 13.8. The van der Waals surface area contributed by atoms with Crippen molar-refractivity contribution in [3.8, 4) is 0 Å². The molecule has 1 aliphatic heterocycles. The average molecular weight is 339 g/mol. The number of nitrogens with one attached hydrogen (secondary N) is 1. The van der Waals surface area contributed by atoms with Gasteiger partial charge in [-0.25, -0.2) is 9.82 Å². The number of halogens is 1. The predicted octanol–water partition coefficient (Wildman–Crippen LogP) is 2.64. The number of carbonyl (C=O) groups is 2. The smallest absolute Gasteiger partial charge is 0.245 e. The molecule has 1 fully saturated rings. The third-order valence-electron chi connectivity index (χ3n) is 4.10. The minimum Gasteiger partial charge on any atom is -0.312 e. The molecule has 1 saturated heterocycles. The minimum absolute atomic E-state index is 0.114. The fraction of sp³-hybridized carbons (Fsp3) is 0.211. The van der Waals surface area contributed by atoms with Gasteiger partial charge in [-0.3, -0.25) is 9.59 Å². The lowest BCUT2D eigenvalue weighted by atomic mass is 10.1. The maximum Gasteiger partial charge on any atom is 0.245 e. The lowest BCUT2D eigenvalue weighted by Crippen LogP contribution is -2.30. The van der Waals surface area contributed by atoms with Crippen molar-refractivity contribution in [1.29, 1.82) is 0 Å². The Labute approximate surface area is 145 Å². The molecule has 2 amide bonds. The Balaban J connectivity index is 1.59. The molecule has 5 nitrogen and oxygen atoms in total. The van der Waals surface area contributed by atoms with Gasteiger partial charge in [-0.2, -0.15) is 5.10 Å². The monoisotopic (exact) mass is 339 g/mol. The van der Waals surface area contributed by atoms with Gasteiger partial charge in [-0.1, -0.05) is 29.8 Å². The highest BCUT2D eigenvalue weighted by molar-refractivity contribution is 6.00. The first-order valence-electron chi connectivity index (χ1n) is 7.98. The topological polar surface area (TPSA) is 61.8 Å². The van der Waals surface area contributed by atoms with Gasteiger partial charge in [0.25, 0.3) is 0 Å². The summed E-state index contributed by atoms with van der Waals surface area (Å²) < 4.78 is 13.0. The summed E-state index contributed by atoms with van der Waals surface area (Å²) in [6.45, 7) is 2.25. The molecule has 25 heavy (non-hydrogen) atoms. The Hall–Kier alpha value is -3.02. The molecule has 1 aliphatic rings. The number of hydrogen-bond acceptors (Lipinski definition) is 3. The quantitative estimate of drug-likeness (QED) is 0.688. The number of amides is 2. The Morgan fingerprint density at radius 1 is 1.20 bits per heavy atom. The van der Waals surface area contributed by atoms with Crippen LogP contribution in [0.3, 0.4) is 0 Å². The number of rotatable bonds is 4. The van der Waals surface area contributed by atoms with E-state index in [0.29, 0.717) is 5.69 Å². The van der Waals surface area contributed by atoms with Crippen LogP contribution in [0, 0.1) is 18.7 Å². The van der Waals surface area contributed by atoms with Crippen molar-refractivity contribution in [3.05, 3.63) is 65.5 Å². The summed E-state index contributed by atoms with van der Waals surface area (Å²) in [6.07, 6.45) is 1.68. The van der Waals surface area contributed by atoms with E-state index in [9.17, 15) is 14.0 Å². The van der Waals surface area contributed by atoms with E-state index in [4.69, 9.17) is 0 Å². The molecule has 0 saturated carbocycles. The summed E-state index contributed by atoms with van der Waals surface area (Å²) >= 11 is 0. The second-order valence-electron chi connectivity index (χ2n) is 6.03. The van der Waals surface area contributed by atoms with Gasteiger partial charge in [0.2, 0.25) is 11.8 Å². The van der Waals surface area contributed by atoms with Gasteiger partial charge < -0.3 is 4.90 Å². The number of benzene rings is 2. The number of hydrogen-bond donors (Lipinski definition) is 1. The van der Waals surface area contributed by atoms with Gasteiger partial charge >= 0.3 is 0 Å². The molecule has 3 rings (SSSR count). The molecule has 1 N–H and O–H groups in total. The summed E-state index contributed by atoms with van der Waals surface area (Å²) in [7, 11) is 0. The predicted molar refractivity (Wildman–Crippen MR) is 93.8 cm³/mol. The molecule has 0 aromatic heterocycles. The van der Waals surface area contributed by atoms with E-state index in [-0.39, 0.29) is 30.6 Å². The van der Waals surface area contributed by atoms with Crippen LogP contribution < -0.4 is 10.3 Å². The van der Waals surface area contributed by atoms with Crippen molar-refractivity contribution < 1.29 is 14.0 Å². The second-order valence-corrected chi connectivity index (χ2v) is 6.03.